The highest BCUT2D eigenvalue weighted by atomic mass is 16.3. The molecule has 0 aromatic heterocycles. The molecule has 0 radical (unpaired) electrons. The fraction of sp³-hybridized carbons (Fsp3) is 0.478. The third-order valence-corrected chi connectivity index (χ3v) is 5.71. The van der Waals surface area contributed by atoms with Gasteiger partial charge >= 0.3 is 0 Å². The fourth-order valence-corrected chi connectivity index (χ4v) is 4.26. The van der Waals surface area contributed by atoms with Gasteiger partial charge in [0.1, 0.15) is 0 Å². The zero-order valence-electron chi connectivity index (χ0n) is 15.5. The zero-order chi connectivity index (χ0) is 17.6. The van der Waals surface area contributed by atoms with Crippen molar-refractivity contribution in [3.8, 4) is 0 Å². The van der Waals surface area contributed by atoms with Crippen molar-refractivity contribution in [1.29, 1.82) is 0 Å². The SMILES string of the molecule is CC1CCCC(C)N1CC(O)CC(c1ccccc1)c1ccccc1. The largest absolute Gasteiger partial charge is 0.392 e. The first-order valence-corrected chi connectivity index (χ1v) is 9.69. The minimum Gasteiger partial charge on any atom is -0.392 e. The van der Waals surface area contributed by atoms with E-state index in [0.717, 1.165) is 13.0 Å². The van der Waals surface area contributed by atoms with E-state index in [2.05, 4.69) is 79.4 Å². The minimum absolute atomic E-state index is 0.243. The molecule has 0 aliphatic carbocycles. The number of hydrogen-bond donors (Lipinski definition) is 1. The van der Waals surface area contributed by atoms with Crippen molar-refractivity contribution in [2.45, 2.75) is 63.6 Å². The van der Waals surface area contributed by atoms with E-state index >= 15 is 0 Å². The Kier molecular flexibility index (Phi) is 6.28. The van der Waals surface area contributed by atoms with E-state index in [1.807, 2.05) is 0 Å². The molecular formula is C23H31NO. The van der Waals surface area contributed by atoms with Crippen molar-refractivity contribution in [2.24, 2.45) is 0 Å². The molecule has 134 valence electrons. The van der Waals surface area contributed by atoms with E-state index < -0.39 is 0 Å². The first kappa shape index (κ1) is 18.2. The average Bonchev–Trinajstić information content (AvgIpc) is 2.64. The Bertz CT molecular complexity index is 578. The maximum atomic E-state index is 10.9. The maximum Gasteiger partial charge on any atom is 0.0676 e. The molecule has 0 bridgehead atoms. The van der Waals surface area contributed by atoms with Gasteiger partial charge in [-0.25, -0.2) is 0 Å². The topological polar surface area (TPSA) is 23.5 Å². The van der Waals surface area contributed by atoms with E-state index in [1.165, 1.54) is 30.4 Å². The summed E-state index contributed by atoms with van der Waals surface area (Å²) in [6, 6.07) is 22.3. The molecule has 0 spiro atoms. The van der Waals surface area contributed by atoms with Gasteiger partial charge in [-0.05, 0) is 44.2 Å². The minimum atomic E-state index is -0.312. The van der Waals surface area contributed by atoms with Crippen molar-refractivity contribution in [3.63, 3.8) is 0 Å². The Morgan fingerprint density at radius 2 is 1.36 bits per heavy atom. The van der Waals surface area contributed by atoms with Crippen LogP contribution in [0.4, 0.5) is 0 Å². The van der Waals surface area contributed by atoms with Gasteiger partial charge in [-0.2, -0.15) is 0 Å². The smallest absolute Gasteiger partial charge is 0.0676 e. The molecule has 2 aromatic rings. The van der Waals surface area contributed by atoms with Gasteiger partial charge in [0.05, 0.1) is 6.10 Å². The second kappa shape index (κ2) is 8.64. The first-order chi connectivity index (χ1) is 12.1. The third kappa shape index (κ3) is 4.71. The monoisotopic (exact) mass is 337 g/mol. The van der Waals surface area contributed by atoms with Crippen molar-refractivity contribution in [1.82, 2.24) is 4.90 Å². The second-order valence-corrected chi connectivity index (χ2v) is 7.59. The van der Waals surface area contributed by atoms with Crippen LogP contribution in [0.15, 0.2) is 60.7 Å². The summed E-state index contributed by atoms with van der Waals surface area (Å²) in [4.78, 5) is 2.50. The highest BCUT2D eigenvalue weighted by molar-refractivity contribution is 5.32. The van der Waals surface area contributed by atoms with Crippen LogP contribution in [0.3, 0.4) is 0 Å². The van der Waals surface area contributed by atoms with Crippen LogP contribution in [-0.2, 0) is 0 Å². The highest BCUT2D eigenvalue weighted by Gasteiger charge is 2.28. The normalized spacial score (nSPS) is 22.9. The highest BCUT2D eigenvalue weighted by Crippen LogP contribution is 2.30. The summed E-state index contributed by atoms with van der Waals surface area (Å²) < 4.78 is 0. The van der Waals surface area contributed by atoms with Gasteiger partial charge in [-0.3, -0.25) is 4.90 Å². The van der Waals surface area contributed by atoms with Crippen molar-refractivity contribution in [3.05, 3.63) is 71.8 Å². The molecule has 1 fully saturated rings. The van der Waals surface area contributed by atoms with Crippen LogP contribution in [0, 0.1) is 0 Å². The number of benzene rings is 2. The van der Waals surface area contributed by atoms with Crippen LogP contribution in [0.1, 0.15) is 56.6 Å². The van der Waals surface area contributed by atoms with E-state index in [9.17, 15) is 5.11 Å². The van der Waals surface area contributed by atoms with E-state index in [-0.39, 0.29) is 12.0 Å². The summed E-state index contributed by atoms with van der Waals surface area (Å²) in [5, 5.41) is 10.9. The molecule has 3 rings (SSSR count). The number of nitrogens with zero attached hydrogens (tertiary/aromatic N) is 1. The quantitative estimate of drug-likeness (QED) is 0.816. The summed E-state index contributed by atoms with van der Waals surface area (Å²) in [5.41, 5.74) is 2.57. The Balaban J connectivity index is 1.74. The summed E-state index contributed by atoms with van der Waals surface area (Å²) in [6.07, 6.45) is 4.26. The van der Waals surface area contributed by atoms with Gasteiger partial charge in [0.25, 0.3) is 0 Å². The number of rotatable bonds is 6. The maximum absolute atomic E-state index is 10.9. The van der Waals surface area contributed by atoms with Gasteiger partial charge < -0.3 is 5.11 Å². The Labute approximate surface area is 152 Å². The lowest BCUT2D eigenvalue weighted by molar-refractivity contribution is 0.0367. The Morgan fingerprint density at radius 3 is 1.84 bits per heavy atom. The number of aliphatic hydroxyl groups is 1. The fourth-order valence-electron chi connectivity index (χ4n) is 4.26. The number of piperidine rings is 1. The van der Waals surface area contributed by atoms with Crippen LogP contribution in [0.2, 0.25) is 0 Å². The number of β-amino-alcohol motifs (C(OH)–C–C–N with tert-alkyl or cyclic N) is 1. The molecule has 3 atom stereocenters. The number of likely N-dealkylation sites (tertiary alicyclic amines) is 1. The van der Waals surface area contributed by atoms with Crippen molar-refractivity contribution < 1.29 is 5.11 Å². The van der Waals surface area contributed by atoms with Gasteiger partial charge in [0.2, 0.25) is 0 Å². The summed E-state index contributed by atoms with van der Waals surface area (Å²) >= 11 is 0. The molecule has 2 aromatic carbocycles. The lowest BCUT2D eigenvalue weighted by atomic mass is 9.86. The van der Waals surface area contributed by atoms with Crippen LogP contribution in [-0.4, -0.2) is 34.7 Å². The summed E-state index contributed by atoms with van der Waals surface area (Å²) in [7, 11) is 0. The lowest BCUT2D eigenvalue weighted by Crippen LogP contribution is -2.47. The summed E-state index contributed by atoms with van der Waals surface area (Å²) in [5.74, 6) is 0.243. The standard InChI is InChI=1S/C23H31NO/c1-18-10-9-11-19(2)24(18)17-22(25)16-23(20-12-5-3-6-13-20)21-14-7-4-8-15-21/h3-8,12-15,18-19,22-23,25H,9-11,16-17H2,1-2H3. The third-order valence-electron chi connectivity index (χ3n) is 5.71. The Morgan fingerprint density at radius 1 is 0.880 bits per heavy atom. The van der Waals surface area contributed by atoms with Crippen LogP contribution in [0.5, 0.6) is 0 Å². The molecule has 1 aliphatic rings. The van der Waals surface area contributed by atoms with Crippen molar-refractivity contribution >= 4 is 0 Å². The number of aliphatic hydroxyl groups excluding tert-OH is 1. The molecular weight excluding hydrogens is 306 g/mol. The molecule has 25 heavy (non-hydrogen) atoms. The molecule has 1 heterocycles. The molecule has 1 N–H and O–H groups in total. The molecule has 2 heteroatoms. The van der Waals surface area contributed by atoms with Crippen LogP contribution < -0.4 is 0 Å². The molecule has 0 amide bonds. The first-order valence-electron chi connectivity index (χ1n) is 9.69. The second-order valence-electron chi connectivity index (χ2n) is 7.59. The van der Waals surface area contributed by atoms with Crippen LogP contribution in [0.25, 0.3) is 0 Å². The predicted octanol–water partition coefficient (Wildman–Crippen LogP) is 4.83. The summed E-state index contributed by atoms with van der Waals surface area (Å²) in [6.45, 7) is 5.38. The van der Waals surface area contributed by atoms with Gasteiger partial charge in [-0.15, -0.1) is 0 Å². The molecule has 0 saturated carbocycles. The molecule has 3 unspecified atom stereocenters. The molecule has 1 aliphatic heterocycles. The molecule has 1 saturated heterocycles. The Hall–Kier alpha value is -1.64. The van der Waals surface area contributed by atoms with Crippen LogP contribution >= 0.6 is 0 Å². The lowest BCUT2D eigenvalue weighted by Gasteiger charge is -2.40. The van der Waals surface area contributed by atoms with Crippen molar-refractivity contribution in [2.75, 3.05) is 6.54 Å². The van der Waals surface area contributed by atoms with Gasteiger partial charge in [-0.1, -0.05) is 67.1 Å². The van der Waals surface area contributed by atoms with Gasteiger partial charge in [0, 0.05) is 24.5 Å². The van der Waals surface area contributed by atoms with Gasteiger partial charge in [0.15, 0.2) is 0 Å². The van der Waals surface area contributed by atoms with E-state index in [0.29, 0.717) is 12.1 Å². The van der Waals surface area contributed by atoms with E-state index in [4.69, 9.17) is 0 Å². The van der Waals surface area contributed by atoms with E-state index in [1.54, 1.807) is 0 Å². The zero-order valence-corrected chi connectivity index (χ0v) is 15.5. The predicted molar refractivity (Wildman–Crippen MR) is 105 cm³/mol. The average molecular weight is 338 g/mol. The number of hydrogen-bond acceptors (Lipinski definition) is 2. The molecule has 2 nitrogen and oxygen atoms in total.